The standard InChI is InChI=1S/C25H17F3N6O2/c1-33-13-30-32-23(33)16-7-6-14(11-29)8-18(16)15-9-21(31-22(10-15)36-2)34-12-19-17(24(34)35)4-3-5-20(19)25(26,27)28/h3-10,13H,12H2,1-2H3. The second-order valence-electron chi connectivity index (χ2n) is 8.11. The minimum atomic E-state index is -4.60. The highest BCUT2D eigenvalue weighted by Crippen LogP contribution is 2.40. The van der Waals surface area contributed by atoms with Crippen molar-refractivity contribution in [2.75, 3.05) is 12.0 Å². The molecule has 2 aromatic heterocycles. The van der Waals surface area contributed by atoms with Crippen LogP contribution in [0.3, 0.4) is 0 Å². The molecule has 0 bridgehead atoms. The lowest BCUT2D eigenvalue weighted by molar-refractivity contribution is -0.138. The average molecular weight is 490 g/mol. The summed E-state index contributed by atoms with van der Waals surface area (Å²) in [5, 5.41) is 17.5. The van der Waals surface area contributed by atoms with Gasteiger partial charge in [0.15, 0.2) is 5.82 Å². The van der Waals surface area contributed by atoms with Crippen LogP contribution in [0, 0.1) is 11.3 Å². The van der Waals surface area contributed by atoms with E-state index < -0.39 is 17.6 Å². The number of aromatic nitrogens is 4. The van der Waals surface area contributed by atoms with Crippen molar-refractivity contribution in [1.82, 2.24) is 19.7 Å². The molecule has 2 aromatic carbocycles. The van der Waals surface area contributed by atoms with Crippen molar-refractivity contribution < 1.29 is 22.7 Å². The molecule has 0 unspecified atom stereocenters. The molecule has 1 amide bonds. The summed E-state index contributed by atoms with van der Waals surface area (Å²) in [7, 11) is 3.17. The summed E-state index contributed by atoms with van der Waals surface area (Å²) in [6, 6.07) is 13.9. The number of aryl methyl sites for hydroxylation is 1. The summed E-state index contributed by atoms with van der Waals surface area (Å²) in [5.41, 5.74) is 1.18. The molecule has 1 aliphatic rings. The lowest BCUT2D eigenvalue weighted by Crippen LogP contribution is -2.24. The lowest BCUT2D eigenvalue weighted by Gasteiger charge is -2.18. The molecule has 11 heteroatoms. The zero-order valence-electron chi connectivity index (χ0n) is 19.0. The first-order valence-electron chi connectivity index (χ1n) is 10.7. The zero-order valence-corrected chi connectivity index (χ0v) is 19.0. The number of methoxy groups -OCH3 is 1. The van der Waals surface area contributed by atoms with E-state index in [9.17, 15) is 23.2 Å². The molecule has 0 N–H and O–H groups in total. The number of pyridine rings is 1. The van der Waals surface area contributed by atoms with Gasteiger partial charge < -0.3 is 9.30 Å². The number of hydrogen-bond acceptors (Lipinski definition) is 6. The number of nitriles is 1. The topological polar surface area (TPSA) is 96.9 Å². The van der Waals surface area contributed by atoms with Crippen LogP contribution in [-0.2, 0) is 19.8 Å². The van der Waals surface area contributed by atoms with Gasteiger partial charge in [-0.2, -0.15) is 23.4 Å². The fourth-order valence-corrected chi connectivity index (χ4v) is 4.25. The Bertz CT molecular complexity index is 1550. The van der Waals surface area contributed by atoms with E-state index in [1.54, 1.807) is 41.9 Å². The van der Waals surface area contributed by atoms with Crippen molar-refractivity contribution in [3.63, 3.8) is 0 Å². The van der Waals surface area contributed by atoms with Crippen LogP contribution < -0.4 is 9.64 Å². The van der Waals surface area contributed by atoms with Crippen molar-refractivity contribution in [3.05, 3.63) is 77.1 Å². The highest BCUT2D eigenvalue weighted by molar-refractivity contribution is 6.10. The second kappa shape index (κ2) is 8.49. The van der Waals surface area contributed by atoms with Crippen LogP contribution in [0.5, 0.6) is 5.88 Å². The number of fused-ring (bicyclic) bond motifs is 1. The van der Waals surface area contributed by atoms with Crippen molar-refractivity contribution in [1.29, 1.82) is 5.26 Å². The first-order chi connectivity index (χ1) is 17.2. The maximum atomic E-state index is 13.6. The van der Waals surface area contributed by atoms with E-state index in [1.807, 2.05) is 0 Å². The number of anilines is 1. The summed E-state index contributed by atoms with van der Waals surface area (Å²) in [5.74, 6) is 0.201. The normalized spacial score (nSPS) is 13.0. The molecule has 0 saturated heterocycles. The monoisotopic (exact) mass is 490 g/mol. The molecule has 4 aromatic rings. The molecule has 0 fully saturated rings. The molecule has 180 valence electrons. The molecule has 36 heavy (non-hydrogen) atoms. The van der Waals surface area contributed by atoms with Crippen LogP contribution in [0.25, 0.3) is 22.5 Å². The molecule has 0 saturated carbocycles. The molecule has 8 nitrogen and oxygen atoms in total. The maximum Gasteiger partial charge on any atom is 0.416 e. The van der Waals surface area contributed by atoms with Gasteiger partial charge in [-0.25, -0.2) is 0 Å². The van der Waals surface area contributed by atoms with Crippen molar-refractivity contribution >= 4 is 11.7 Å². The van der Waals surface area contributed by atoms with Crippen LogP contribution in [0.4, 0.5) is 19.0 Å². The Hall–Kier alpha value is -4.72. The first kappa shape index (κ1) is 23.0. The van der Waals surface area contributed by atoms with Crippen LogP contribution in [0.1, 0.15) is 27.0 Å². The molecular weight excluding hydrogens is 473 g/mol. The van der Waals surface area contributed by atoms with E-state index >= 15 is 0 Å². The van der Waals surface area contributed by atoms with Gasteiger partial charge in [0.05, 0.1) is 30.9 Å². The van der Waals surface area contributed by atoms with Gasteiger partial charge in [-0.1, -0.05) is 6.07 Å². The van der Waals surface area contributed by atoms with Crippen molar-refractivity contribution in [2.24, 2.45) is 7.05 Å². The SMILES string of the molecule is COc1cc(-c2cc(C#N)ccc2-c2nncn2C)cc(N2Cc3c(cccc3C(F)(F)F)C2=O)n1. The van der Waals surface area contributed by atoms with Crippen LogP contribution in [0.15, 0.2) is 54.9 Å². The molecule has 5 rings (SSSR count). The summed E-state index contributed by atoms with van der Waals surface area (Å²) < 4.78 is 47.8. The molecule has 0 radical (unpaired) electrons. The Morgan fingerprint density at radius 1 is 1.08 bits per heavy atom. The zero-order chi connectivity index (χ0) is 25.6. The summed E-state index contributed by atoms with van der Waals surface area (Å²) in [6.07, 6.45) is -3.06. The van der Waals surface area contributed by atoms with Gasteiger partial charge >= 0.3 is 6.18 Å². The van der Waals surface area contributed by atoms with E-state index in [1.165, 1.54) is 30.5 Å². The Balaban J connectivity index is 1.66. The van der Waals surface area contributed by atoms with Gasteiger partial charge in [0.1, 0.15) is 12.1 Å². The summed E-state index contributed by atoms with van der Waals surface area (Å²) in [6.45, 7) is -0.294. The quantitative estimate of drug-likeness (QED) is 0.415. The number of amides is 1. The van der Waals surface area contributed by atoms with Crippen LogP contribution in [0.2, 0.25) is 0 Å². The predicted octanol–water partition coefficient (Wildman–Crippen LogP) is 4.60. The average Bonchev–Trinajstić information content (AvgIpc) is 3.45. The summed E-state index contributed by atoms with van der Waals surface area (Å²) in [4.78, 5) is 18.7. The Morgan fingerprint density at radius 2 is 1.89 bits per heavy atom. The number of carbonyl (C=O) groups is 1. The lowest BCUT2D eigenvalue weighted by atomic mass is 9.97. The Kier molecular flexibility index (Phi) is 5.44. The third kappa shape index (κ3) is 3.82. The second-order valence-corrected chi connectivity index (χ2v) is 8.11. The van der Waals surface area contributed by atoms with Gasteiger partial charge in [0.25, 0.3) is 5.91 Å². The number of ether oxygens (including phenoxy) is 1. The van der Waals surface area contributed by atoms with Gasteiger partial charge in [0, 0.05) is 24.2 Å². The van der Waals surface area contributed by atoms with E-state index in [0.717, 1.165) is 6.07 Å². The van der Waals surface area contributed by atoms with E-state index in [-0.39, 0.29) is 29.4 Å². The summed E-state index contributed by atoms with van der Waals surface area (Å²) >= 11 is 0. The molecule has 3 heterocycles. The number of carbonyl (C=O) groups excluding carboxylic acids is 1. The van der Waals surface area contributed by atoms with Gasteiger partial charge in [-0.05, 0) is 53.1 Å². The molecular formula is C25H17F3N6O2. The van der Waals surface area contributed by atoms with E-state index in [0.29, 0.717) is 28.1 Å². The maximum absolute atomic E-state index is 13.6. The third-order valence-corrected chi connectivity index (χ3v) is 5.96. The number of alkyl halides is 3. The largest absolute Gasteiger partial charge is 0.481 e. The van der Waals surface area contributed by atoms with Gasteiger partial charge in [-0.3, -0.25) is 9.69 Å². The van der Waals surface area contributed by atoms with E-state index in [2.05, 4.69) is 21.3 Å². The molecule has 0 atom stereocenters. The smallest absolute Gasteiger partial charge is 0.416 e. The highest BCUT2D eigenvalue weighted by Gasteiger charge is 2.40. The number of benzene rings is 2. The molecule has 0 aliphatic carbocycles. The fraction of sp³-hybridized carbons (Fsp3) is 0.160. The number of rotatable bonds is 4. The Morgan fingerprint density at radius 3 is 2.56 bits per heavy atom. The third-order valence-electron chi connectivity index (χ3n) is 5.96. The number of hydrogen-bond donors (Lipinski definition) is 0. The molecule has 1 aliphatic heterocycles. The highest BCUT2D eigenvalue weighted by atomic mass is 19.4. The number of halogens is 3. The van der Waals surface area contributed by atoms with Gasteiger partial charge in [-0.15, -0.1) is 10.2 Å². The van der Waals surface area contributed by atoms with Gasteiger partial charge in [0.2, 0.25) is 5.88 Å². The minimum absolute atomic E-state index is 0.0257. The fourth-order valence-electron chi connectivity index (χ4n) is 4.25. The number of nitrogens with zero attached hydrogens (tertiary/aromatic N) is 6. The first-order valence-corrected chi connectivity index (χ1v) is 10.7. The van der Waals surface area contributed by atoms with Crippen molar-refractivity contribution in [3.8, 4) is 34.5 Å². The van der Waals surface area contributed by atoms with Crippen molar-refractivity contribution in [2.45, 2.75) is 12.7 Å². The minimum Gasteiger partial charge on any atom is -0.481 e. The van der Waals surface area contributed by atoms with E-state index in [4.69, 9.17) is 4.74 Å². The van der Waals surface area contributed by atoms with Crippen LogP contribution in [-0.4, -0.2) is 32.8 Å². The predicted molar refractivity (Wildman–Crippen MR) is 123 cm³/mol. The molecule has 0 spiro atoms. The van der Waals surface area contributed by atoms with Crippen LogP contribution >= 0.6 is 0 Å². The Labute approximate surface area is 203 Å².